The van der Waals surface area contributed by atoms with Crippen LogP contribution in [0.4, 0.5) is 0 Å². The standard InChI is InChI=1S/C17H24N4O3/c1-9-12(7-13(23)19-17(3,8-22)11-5-6-11)10(2)18-15-14(9)16(24)20-21(15)4/h11,22H,5-8H2,1-4H3,(H,19,23)(H,20,24). The molecule has 1 amide bonds. The zero-order valence-corrected chi connectivity index (χ0v) is 14.6. The summed E-state index contributed by atoms with van der Waals surface area (Å²) in [4.78, 5) is 29.1. The predicted octanol–water partition coefficient (Wildman–Crippen LogP) is 0.698. The van der Waals surface area contributed by atoms with Gasteiger partial charge in [0.2, 0.25) is 5.91 Å². The number of aromatic amines is 1. The molecule has 1 atom stereocenters. The maximum Gasteiger partial charge on any atom is 0.273 e. The zero-order chi connectivity index (χ0) is 17.6. The number of nitrogens with one attached hydrogen (secondary N) is 2. The third-order valence-electron chi connectivity index (χ3n) is 5.14. The smallest absolute Gasteiger partial charge is 0.273 e. The van der Waals surface area contributed by atoms with Crippen molar-refractivity contribution in [2.75, 3.05) is 6.61 Å². The molecular formula is C17H24N4O3. The van der Waals surface area contributed by atoms with Crippen molar-refractivity contribution in [1.29, 1.82) is 0 Å². The second-order valence-electron chi connectivity index (χ2n) is 7.07. The molecule has 7 nitrogen and oxygen atoms in total. The lowest BCUT2D eigenvalue weighted by Gasteiger charge is -2.29. The van der Waals surface area contributed by atoms with E-state index in [1.165, 1.54) is 0 Å². The molecule has 0 saturated heterocycles. The topological polar surface area (TPSA) is 100 Å². The number of aromatic nitrogens is 3. The quantitative estimate of drug-likeness (QED) is 0.750. The van der Waals surface area contributed by atoms with Crippen molar-refractivity contribution in [1.82, 2.24) is 20.1 Å². The van der Waals surface area contributed by atoms with Crippen molar-refractivity contribution in [3.63, 3.8) is 0 Å². The first-order chi connectivity index (χ1) is 11.3. The van der Waals surface area contributed by atoms with Gasteiger partial charge in [0.25, 0.3) is 5.56 Å². The summed E-state index contributed by atoms with van der Waals surface area (Å²) in [6.45, 7) is 5.50. The van der Waals surface area contributed by atoms with Gasteiger partial charge in [-0.1, -0.05) is 0 Å². The van der Waals surface area contributed by atoms with Gasteiger partial charge >= 0.3 is 0 Å². The molecule has 1 saturated carbocycles. The second kappa shape index (κ2) is 5.73. The molecule has 1 aliphatic carbocycles. The fourth-order valence-corrected chi connectivity index (χ4v) is 3.42. The van der Waals surface area contributed by atoms with Crippen molar-refractivity contribution in [2.45, 2.75) is 45.6 Å². The lowest BCUT2D eigenvalue weighted by Crippen LogP contribution is -2.51. The summed E-state index contributed by atoms with van der Waals surface area (Å²) in [6, 6.07) is 0. The minimum absolute atomic E-state index is 0.0724. The van der Waals surface area contributed by atoms with Crippen molar-refractivity contribution in [3.05, 3.63) is 27.2 Å². The van der Waals surface area contributed by atoms with Crippen molar-refractivity contribution >= 4 is 16.9 Å². The summed E-state index contributed by atoms with van der Waals surface area (Å²) in [7, 11) is 1.74. The number of pyridine rings is 1. The Balaban J connectivity index is 1.91. The molecule has 7 heteroatoms. The maximum absolute atomic E-state index is 12.5. The van der Waals surface area contributed by atoms with Crippen LogP contribution in [0.15, 0.2) is 4.79 Å². The average Bonchev–Trinajstić information content (AvgIpc) is 3.31. The molecule has 24 heavy (non-hydrogen) atoms. The molecule has 130 valence electrons. The van der Waals surface area contributed by atoms with Gasteiger partial charge in [-0.05, 0) is 50.7 Å². The molecule has 3 N–H and O–H groups in total. The van der Waals surface area contributed by atoms with Crippen molar-refractivity contribution in [2.24, 2.45) is 13.0 Å². The Morgan fingerprint density at radius 1 is 1.46 bits per heavy atom. The highest BCUT2D eigenvalue weighted by Gasteiger charge is 2.42. The summed E-state index contributed by atoms with van der Waals surface area (Å²) in [5, 5.41) is 15.8. The number of amides is 1. The van der Waals surface area contributed by atoms with Gasteiger partial charge in [0.05, 0.1) is 24.0 Å². The first-order valence-electron chi connectivity index (χ1n) is 8.23. The average molecular weight is 332 g/mol. The lowest BCUT2D eigenvalue weighted by atomic mass is 9.95. The number of hydrogen-bond acceptors (Lipinski definition) is 4. The minimum Gasteiger partial charge on any atom is -0.394 e. The highest BCUT2D eigenvalue weighted by atomic mass is 16.3. The molecule has 0 spiro atoms. The van der Waals surface area contributed by atoms with Crippen LogP contribution in [0.5, 0.6) is 0 Å². The highest BCUT2D eigenvalue weighted by molar-refractivity contribution is 5.85. The monoisotopic (exact) mass is 332 g/mol. The number of aliphatic hydroxyl groups excluding tert-OH is 1. The summed E-state index contributed by atoms with van der Waals surface area (Å²) in [6.07, 6.45) is 2.21. The molecule has 3 rings (SSSR count). The van der Waals surface area contributed by atoms with Gasteiger partial charge in [-0.3, -0.25) is 19.4 Å². The third kappa shape index (κ3) is 2.73. The summed E-state index contributed by atoms with van der Waals surface area (Å²) in [5.74, 6) is 0.185. The van der Waals surface area contributed by atoms with Gasteiger partial charge in [0.1, 0.15) is 0 Å². The van der Waals surface area contributed by atoms with E-state index >= 15 is 0 Å². The Morgan fingerprint density at radius 2 is 2.12 bits per heavy atom. The first kappa shape index (κ1) is 16.7. The van der Waals surface area contributed by atoms with E-state index in [4.69, 9.17) is 0 Å². The van der Waals surface area contributed by atoms with Crippen molar-refractivity contribution < 1.29 is 9.90 Å². The zero-order valence-electron chi connectivity index (χ0n) is 14.6. The number of H-pyrrole nitrogens is 1. The predicted molar refractivity (Wildman–Crippen MR) is 90.9 cm³/mol. The molecule has 0 aromatic carbocycles. The van der Waals surface area contributed by atoms with Crippen LogP contribution in [0, 0.1) is 19.8 Å². The molecule has 0 radical (unpaired) electrons. The number of hydrogen-bond donors (Lipinski definition) is 3. The maximum atomic E-state index is 12.5. The van der Waals surface area contributed by atoms with Crippen LogP contribution < -0.4 is 10.9 Å². The van der Waals surface area contributed by atoms with Crippen LogP contribution in [0.3, 0.4) is 0 Å². The fraction of sp³-hybridized carbons (Fsp3) is 0.588. The number of nitrogens with zero attached hydrogens (tertiary/aromatic N) is 2. The Morgan fingerprint density at radius 3 is 2.71 bits per heavy atom. The summed E-state index contributed by atoms with van der Waals surface area (Å²) >= 11 is 0. The second-order valence-corrected chi connectivity index (χ2v) is 7.07. The van der Waals surface area contributed by atoms with E-state index in [-0.39, 0.29) is 24.5 Å². The number of carbonyl (C=O) groups excluding carboxylic acids is 1. The lowest BCUT2D eigenvalue weighted by molar-refractivity contribution is -0.123. The van der Waals surface area contributed by atoms with Crippen LogP contribution >= 0.6 is 0 Å². The van der Waals surface area contributed by atoms with Gasteiger partial charge in [-0.15, -0.1) is 0 Å². The van der Waals surface area contributed by atoms with Crippen molar-refractivity contribution in [3.8, 4) is 0 Å². The van der Waals surface area contributed by atoms with Crippen LogP contribution in [-0.2, 0) is 18.3 Å². The van der Waals surface area contributed by atoms with E-state index < -0.39 is 5.54 Å². The van der Waals surface area contributed by atoms with Gasteiger partial charge in [0.15, 0.2) is 5.65 Å². The van der Waals surface area contributed by atoms with Gasteiger partial charge in [-0.25, -0.2) is 4.98 Å². The highest BCUT2D eigenvalue weighted by Crippen LogP contribution is 2.39. The van der Waals surface area contributed by atoms with Gasteiger partial charge in [-0.2, -0.15) is 0 Å². The van der Waals surface area contributed by atoms with Crippen LogP contribution in [0.1, 0.15) is 36.6 Å². The Labute approximate surface area is 140 Å². The van der Waals surface area contributed by atoms with Gasteiger partial charge in [0, 0.05) is 12.7 Å². The molecular weight excluding hydrogens is 308 g/mol. The molecule has 1 aliphatic rings. The molecule has 1 fully saturated rings. The normalized spacial score (nSPS) is 17.0. The van der Waals surface area contributed by atoms with E-state index in [1.807, 2.05) is 20.8 Å². The molecule has 2 aromatic heterocycles. The molecule has 0 aliphatic heterocycles. The molecule has 0 bridgehead atoms. The van der Waals surface area contributed by atoms with E-state index in [0.29, 0.717) is 17.0 Å². The molecule has 2 heterocycles. The number of aryl methyl sites for hydroxylation is 3. The van der Waals surface area contributed by atoms with E-state index in [0.717, 1.165) is 29.7 Å². The minimum atomic E-state index is -0.569. The summed E-state index contributed by atoms with van der Waals surface area (Å²) in [5.41, 5.74) is 2.12. The number of rotatable bonds is 5. The molecule has 2 aromatic rings. The number of aliphatic hydroxyl groups is 1. The Hall–Kier alpha value is -2.15. The van der Waals surface area contributed by atoms with Gasteiger partial charge < -0.3 is 10.4 Å². The SMILES string of the molecule is Cc1nc2c(c(C)c1CC(=O)NC(C)(CO)C1CC1)c(=O)[nH]n2C. The van der Waals surface area contributed by atoms with Crippen LogP contribution in [0.2, 0.25) is 0 Å². The van der Waals surface area contributed by atoms with E-state index in [9.17, 15) is 14.7 Å². The van der Waals surface area contributed by atoms with Crippen LogP contribution in [-0.4, -0.2) is 37.9 Å². The fourth-order valence-electron chi connectivity index (χ4n) is 3.42. The van der Waals surface area contributed by atoms with Crippen LogP contribution in [0.25, 0.3) is 11.0 Å². The number of carbonyl (C=O) groups is 1. The van der Waals surface area contributed by atoms with E-state index in [2.05, 4.69) is 15.4 Å². The van der Waals surface area contributed by atoms with E-state index in [1.54, 1.807) is 11.7 Å². The largest absolute Gasteiger partial charge is 0.394 e. The Bertz CT molecular complexity index is 863. The third-order valence-corrected chi connectivity index (χ3v) is 5.14. The molecule has 1 unspecified atom stereocenters. The first-order valence-corrected chi connectivity index (χ1v) is 8.23. The number of fused-ring (bicyclic) bond motifs is 1. The Kier molecular flexibility index (Phi) is 3.99. The summed E-state index contributed by atoms with van der Waals surface area (Å²) < 4.78 is 1.59.